The molecule has 0 rings (SSSR count). The Labute approximate surface area is 156 Å². The van der Waals surface area contributed by atoms with E-state index < -0.39 is 0 Å². The van der Waals surface area contributed by atoms with Crippen molar-refractivity contribution in [2.45, 2.75) is 25.5 Å². The number of carbonyl (C=O) groups is 2. The molecule has 1 atom stereocenters. The molecule has 0 radical (unpaired) electrons. The highest BCUT2D eigenvalue weighted by Gasteiger charge is 2.05. The highest BCUT2D eigenvalue weighted by molar-refractivity contribution is 8.76. The molecule has 0 saturated heterocycles. The van der Waals surface area contributed by atoms with Gasteiger partial charge in [0.2, 0.25) is 11.8 Å². The highest BCUT2D eigenvalue weighted by Crippen LogP contribution is 2.25. The number of ether oxygens (including phenoxy) is 2. The fraction of sp³-hybridized carbons (Fsp3) is 0.733. The van der Waals surface area contributed by atoms with Crippen LogP contribution < -0.4 is 10.6 Å². The Morgan fingerprint density at radius 2 is 1.92 bits per heavy atom. The summed E-state index contributed by atoms with van der Waals surface area (Å²) in [6.07, 6.45) is 2.39. The first-order valence-electron chi connectivity index (χ1n) is 7.58. The molecule has 138 valence electrons. The van der Waals surface area contributed by atoms with Crippen molar-refractivity contribution in [2.75, 3.05) is 45.1 Å². The molecule has 24 heavy (non-hydrogen) atoms. The third kappa shape index (κ3) is 16.3. The Hall–Kier alpha value is -0.530. The van der Waals surface area contributed by atoms with Gasteiger partial charge in [0.05, 0.1) is 19.8 Å². The van der Waals surface area contributed by atoms with Gasteiger partial charge in [-0.05, 0) is 11.5 Å². The van der Waals surface area contributed by atoms with Crippen molar-refractivity contribution in [3.8, 4) is 11.2 Å². The largest absolute Gasteiger partial charge is 0.369 e. The predicted molar refractivity (Wildman–Crippen MR) is 104 cm³/mol. The summed E-state index contributed by atoms with van der Waals surface area (Å²) in [5, 5.41) is 8.60. The molecule has 0 aliphatic carbocycles. The van der Waals surface area contributed by atoms with Crippen LogP contribution in [0.5, 0.6) is 0 Å². The molecule has 6 nitrogen and oxygen atoms in total. The van der Waals surface area contributed by atoms with E-state index in [-0.39, 0.29) is 18.4 Å². The monoisotopic (exact) mass is 394 g/mol. The second-order valence-corrected chi connectivity index (χ2v) is 7.89. The van der Waals surface area contributed by atoms with E-state index >= 15 is 0 Å². The van der Waals surface area contributed by atoms with Crippen LogP contribution in [0.4, 0.5) is 0 Å². The molecule has 0 fully saturated rings. The molecular formula is C15H26N2O4S3. The Bertz CT molecular complexity index is 413. The Balaban J connectivity index is 3.35. The van der Waals surface area contributed by atoms with Gasteiger partial charge in [0.15, 0.2) is 0 Å². The van der Waals surface area contributed by atoms with Crippen molar-refractivity contribution in [1.29, 1.82) is 0 Å². The second kappa shape index (κ2) is 17.3. The minimum atomic E-state index is -0.182. The lowest BCUT2D eigenvalue weighted by atomic mass is 10.4. The first-order chi connectivity index (χ1) is 11.6. The minimum absolute atomic E-state index is 0.0142. The van der Waals surface area contributed by atoms with E-state index in [1.54, 1.807) is 21.6 Å². The van der Waals surface area contributed by atoms with Crippen molar-refractivity contribution < 1.29 is 19.1 Å². The molecule has 1 unspecified atom stereocenters. The Morgan fingerprint density at radius 1 is 1.17 bits per heavy atom. The molecule has 0 aromatic heterocycles. The molecule has 2 amide bonds. The lowest BCUT2D eigenvalue weighted by Gasteiger charge is -2.11. The van der Waals surface area contributed by atoms with Crippen LogP contribution in [0.25, 0.3) is 0 Å². The van der Waals surface area contributed by atoms with E-state index in [1.165, 1.54) is 11.8 Å². The first-order valence-corrected chi connectivity index (χ1v) is 11.2. The van der Waals surface area contributed by atoms with Crippen molar-refractivity contribution in [3.63, 3.8) is 0 Å². The van der Waals surface area contributed by atoms with Gasteiger partial charge in [-0.15, -0.1) is 0 Å². The Kier molecular flexibility index (Phi) is 16.9. The van der Waals surface area contributed by atoms with Gasteiger partial charge in [0.25, 0.3) is 0 Å². The molecular weight excluding hydrogens is 368 g/mol. The standard InChI is InChI=1S/C15H26N2O4S3/c1-4-14(18)17-10-13(2)24-23-12-21-8-7-20-11-15(19)16-6-5-9-22-3/h13H,4,6-8,10-12H2,1-3H3,(H,16,19)(H,17,18). The molecule has 0 heterocycles. The first kappa shape index (κ1) is 23.5. The number of amides is 2. The van der Waals surface area contributed by atoms with E-state index in [0.717, 1.165) is 0 Å². The van der Waals surface area contributed by atoms with Gasteiger partial charge in [-0.25, -0.2) is 0 Å². The molecule has 2 N–H and O–H groups in total. The van der Waals surface area contributed by atoms with Crippen LogP contribution in [0.1, 0.15) is 20.3 Å². The number of rotatable bonds is 13. The molecule has 0 bridgehead atoms. The number of hydrogen-bond donors (Lipinski definition) is 2. The average molecular weight is 395 g/mol. The smallest absolute Gasteiger partial charge is 0.246 e. The van der Waals surface area contributed by atoms with E-state index in [4.69, 9.17) is 9.47 Å². The van der Waals surface area contributed by atoms with Crippen LogP contribution in [0.2, 0.25) is 0 Å². The lowest BCUT2D eigenvalue weighted by molar-refractivity contribution is -0.126. The van der Waals surface area contributed by atoms with Crippen molar-refractivity contribution in [3.05, 3.63) is 0 Å². The number of thioether (sulfide) groups is 1. The molecule has 0 aromatic rings. The molecule has 0 aliphatic rings. The molecule has 0 aliphatic heterocycles. The number of carbonyl (C=O) groups excluding carboxylic acids is 2. The number of nitrogens with one attached hydrogen (secondary N) is 2. The van der Waals surface area contributed by atoms with Gasteiger partial charge in [-0.3, -0.25) is 9.59 Å². The summed E-state index contributed by atoms with van der Waals surface area (Å²) in [4.78, 5) is 22.5. The highest BCUT2D eigenvalue weighted by atomic mass is 33.1. The van der Waals surface area contributed by atoms with Crippen molar-refractivity contribution in [1.82, 2.24) is 10.6 Å². The molecule has 0 saturated carbocycles. The summed E-state index contributed by atoms with van der Waals surface area (Å²) in [6.45, 7) is 5.71. The van der Waals surface area contributed by atoms with Crippen LogP contribution in [0.15, 0.2) is 0 Å². The fourth-order valence-corrected chi connectivity index (χ4v) is 3.35. The molecule has 0 aromatic carbocycles. The summed E-state index contributed by atoms with van der Waals surface area (Å²) < 4.78 is 10.6. The number of hydrogen-bond acceptors (Lipinski definition) is 7. The predicted octanol–water partition coefficient (Wildman–Crippen LogP) is 1.71. The maximum absolute atomic E-state index is 11.4. The van der Waals surface area contributed by atoms with Gasteiger partial charge in [-0.1, -0.05) is 53.1 Å². The van der Waals surface area contributed by atoms with Crippen LogP contribution in [-0.4, -0.2) is 62.2 Å². The van der Waals surface area contributed by atoms with Gasteiger partial charge in [0.1, 0.15) is 12.5 Å². The summed E-state index contributed by atoms with van der Waals surface area (Å²) in [6, 6.07) is 0. The quantitative estimate of drug-likeness (QED) is 0.213. The average Bonchev–Trinajstić information content (AvgIpc) is 2.58. The zero-order chi connectivity index (χ0) is 18.0. The topological polar surface area (TPSA) is 76.7 Å². The van der Waals surface area contributed by atoms with Crippen LogP contribution in [0.3, 0.4) is 0 Å². The maximum Gasteiger partial charge on any atom is 0.246 e. The molecule has 0 spiro atoms. The maximum atomic E-state index is 11.4. The van der Waals surface area contributed by atoms with Crippen LogP contribution >= 0.6 is 33.3 Å². The van der Waals surface area contributed by atoms with Gasteiger partial charge in [0, 0.05) is 18.2 Å². The zero-order valence-corrected chi connectivity index (χ0v) is 16.8. The van der Waals surface area contributed by atoms with Crippen molar-refractivity contribution in [2.24, 2.45) is 0 Å². The fourth-order valence-electron chi connectivity index (χ4n) is 1.24. The van der Waals surface area contributed by atoms with E-state index in [9.17, 15) is 9.59 Å². The normalized spacial score (nSPS) is 11.3. The lowest BCUT2D eigenvalue weighted by Crippen LogP contribution is -2.28. The molecule has 9 heteroatoms. The summed E-state index contributed by atoms with van der Waals surface area (Å²) in [5.74, 6) is 3.22. The van der Waals surface area contributed by atoms with Gasteiger partial charge >= 0.3 is 0 Å². The zero-order valence-electron chi connectivity index (χ0n) is 14.4. The summed E-state index contributed by atoms with van der Waals surface area (Å²) >= 11 is 1.41. The van der Waals surface area contributed by atoms with Crippen molar-refractivity contribution >= 4 is 45.2 Å². The van der Waals surface area contributed by atoms with E-state index in [2.05, 4.69) is 28.7 Å². The summed E-state index contributed by atoms with van der Waals surface area (Å²) in [5.41, 5.74) is 0. The minimum Gasteiger partial charge on any atom is -0.369 e. The Morgan fingerprint density at radius 3 is 2.62 bits per heavy atom. The van der Waals surface area contributed by atoms with Gasteiger partial charge in [-0.2, -0.15) is 0 Å². The van der Waals surface area contributed by atoms with E-state index in [0.29, 0.717) is 43.9 Å². The third-order valence-corrected chi connectivity index (χ3v) is 5.35. The van der Waals surface area contributed by atoms with E-state index in [1.807, 2.05) is 13.2 Å². The van der Waals surface area contributed by atoms with Crippen LogP contribution in [-0.2, 0) is 19.1 Å². The van der Waals surface area contributed by atoms with Crippen LogP contribution in [0, 0.1) is 11.2 Å². The van der Waals surface area contributed by atoms with Gasteiger partial charge < -0.3 is 20.1 Å². The summed E-state index contributed by atoms with van der Waals surface area (Å²) in [7, 11) is 3.26. The SMILES string of the molecule is CCC(=O)NCC(C)SSCOCCOCC(=O)NCC#CSC. The second-order valence-electron chi connectivity index (χ2n) is 4.52. The third-order valence-electron chi connectivity index (χ3n) is 2.42.